The molecule has 0 spiro atoms. The van der Waals surface area contributed by atoms with Gasteiger partial charge in [0.2, 0.25) is 0 Å². The van der Waals surface area contributed by atoms with Crippen molar-refractivity contribution in [3.05, 3.63) is 39.7 Å². The Bertz CT molecular complexity index is 811. The summed E-state index contributed by atoms with van der Waals surface area (Å²) in [5, 5.41) is 3.10. The van der Waals surface area contributed by atoms with E-state index in [1.807, 2.05) is 13.1 Å². The highest BCUT2D eigenvalue weighted by molar-refractivity contribution is 7.71. The zero-order chi connectivity index (χ0) is 20.9. The molecule has 2 N–H and O–H groups in total. The Morgan fingerprint density at radius 1 is 1.18 bits per heavy atom. The first-order valence-corrected chi connectivity index (χ1v) is 10.9. The molecule has 0 aromatic carbocycles. The van der Waals surface area contributed by atoms with E-state index in [1.165, 1.54) is 32.1 Å². The lowest BCUT2D eigenvalue weighted by Crippen LogP contribution is -2.23. The number of hydrogen-bond acceptors (Lipinski definition) is 4. The molecule has 0 radical (unpaired) electrons. The van der Waals surface area contributed by atoms with Crippen LogP contribution in [0.1, 0.15) is 78.7 Å². The molecule has 156 valence electrons. The van der Waals surface area contributed by atoms with Crippen LogP contribution in [0, 0.1) is 4.64 Å². The number of H-pyrrole nitrogens is 1. The third-order valence-corrected chi connectivity index (χ3v) is 5.09. The van der Waals surface area contributed by atoms with Gasteiger partial charge in [0.25, 0.3) is 5.56 Å². The number of nitrogens with one attached hydrogen (secondary N) is 2. The van der Waals surface area contributed by atoms with Crippen LogP contribution in [0.2, 0.25) is 0 Å². The smallest absolute Gasteiger partial charge is 0.254 e. The van der Waals surface area contributed by atoms with Gasteiger partial charge in [-0.2, -0.15) is 0 Å². The van der Waals surface area contributed by atoms with Crippen molar-refractivity contribution in [1.29, 1.82) is 0 Å². The number of unbranched alkanes of at least 4 members (excludes halogenated alkanes) is 4. The van der Waals surface area contributed by atoms with Crippen molar-refractivity contribution < 1.29 is 0 Å². The van der Waals surface area contributed by atoms with Crippen LogP contribution in [0.3, 0.4) is 0 Å². The minimum Gasteiger partial charge on any atom is -0.387 e. The fraction of sp³-hybridized carbons (Fsp3) is 0.591. The van der Waals surface area contributed by atoms with Crippen molar-refractivity contribution >= 4 is 17.9 Å². The van der Waals surface area contributed by atoms with Crippen molar-refractivity contribution in [3.63, 3.8) is 0 Å². The maximum absolute atomic E-state index is 12.5. The monoisotopic (exact) mass is 404 g/mol. The summed E-state index contributed by atoms with van der Waals surface area (Å²) in [4.78, 5) is 20.0. The Morgan fingerprint density at radius 2 is 1.89 bits per heavy atom. The van der Waals surface area contributed by atoms with Gasteiger partial charge in [-0.05, 0) is 19.4 Å². The fourth-order valence-corrected chi connectivity index (χ4v) is 3.11. The molecule has 2 aromatic rings. The van der Waals surface area contributed by atoms with Gasteiger partial charge >= 0.3 is 0 Å². The molecule has 0 saturated heterocycles. The van der Waals surface area contributed by atoms with Crippen molar-refractivity contribution in [2.45, 2.75) is 78.7 Å². The fourth-order valence-electron chi connectivity index (χ4n) is 2.82. The first-order valence-electron chi connectivity index (χ1n) is 10.5. The molecule has 0 bridgehead atoms. The van der Waals surface area contributed by atoms with Crippen molar-refractivity contribution in [1.82, 2.24) is 14.5 Å². The van der Waals surface area contributed by atoms with Gasteiger partial charge in [0.1, 0.15) is 4.64 Å². The van der Waals surface area contributed by atoms with Gasteiger partial charge in [-0.15, -0.1) is 0 Å². The largest absolute Gasteiger partial charge is 0.387 e. The van der Waals surface area contributed by atoms with Crippen LogP contribution in [0.15, 0.2) is 29.5 Å². The van der Waals surface area contributed by atoms with E-state index in [-0.39, 0.29) is 11.6 Å². The molecule has 6 heteroatoms. The molecule has 1 atom stereocenters. The van der Waals surface area contributed by atoms with Gasteiger partial charge in [0.05, 0.1) is 17.6 Å². The highest BCUT2D eigenvalue weighted by Crippen LogP contribution is 2.25. The van der Waals surface area contributed by atoms with E-state index in [4.69, 9.17) is 12.2 Å². The summed E-state index contributed by atoms with van der Waals surface area (Å²) >= 11 is 5.35. The van der Waals surface area contributed by atoms with E-state index in [0.29, 0.717) is 10.3 Å². The Balaban J connectivity index is 0.000000892. The minimum absolute atomic E-state index is 0.0386. The topological polar surface area (TPSA) is 62.7 Å². The lowest BCUT2D eigenvalue weighted by atomic mass is 10.1. The second-order valence-corrected chi connectivity index (χ2v) is 7.47. The summed E-state index contributed by atoms with van der Waals surface area (Å²) in [6, 6.07) is 3.61. The highest BCUT2D eigenvalue weighted by Gasteiger charge is 2.12. The molecular weight excluding hydrogens is 368 g/mol. The van der Waals surface area contributed by atoms with Crippen LogP contribution in [-0.2, 0) is 0 Å². The number of aromatic amines is 1. The molecule has 0 amide bonds. The van der Waals surface area contributed by atoms with E-state index in [9.17, 15) is 4.79 Å². The summed E-state index contributed by atoms with van der Waals surface area (Å²) < 4.78 is 2.28. The van der Waals surface area contributed by atoms with Crippen LogP contribution in [0.25, 0.3) is 11.3 Å². The molecule has 0 aliphatic heterocycles. The molecule has 0 aliphatic carbocycles. The van der Waals surface area contributed by atoms with Crippen LogP contribution < -0.4 is 10.9 Å². The van der Waals surface area contributed by atoms with E-state index < -0.39 is 0 Å². The predicted octanol–water partition coefficient (Wildman–Crippen LogP) is 6.35. The average molecular weight is 405 g/mol. The standard InChI is InChI=1S/C18H26N4OS.C4H10/c1-4-5-6-7-8-13(2)22-12-21-15(11-16(22)23)17-14(19-3)9-10-20-18(17)24;1-3-4-2/h9-13H,4-8H2,1-3H3,(H2,19,20,24);3-4H2,1-2H3. The third kappa shape index (κ3) is 7.23. The minimum atomic E-state index is -0.0386. The number of aromatic nitrogens is 3. The van der Waals surface area contributed by atoms with E-state index in [1.54, 1.807) is 23.2 Å². The summed E-state index contributed by atoms with van der Waals surface area (Å²) in [7, 11) is 1.83. The molecule has 2 rings (SSSR count). The lowest BCUT2D eigenvalue weighted by molar-refractivity contribution is 0.457. The van der Waals surface area contributed by atoms with Crippen LogP contribution >= 0.6 is 12.2 Å². The average Bonchev–Trinajstić information content (AvgIpc) is 2.70. The SMILES string of the molecule is CCCC.CCCCCCC(C)n1cnc(-c2c(NC)cc[nH]c2=S)cc1=O. The van der Waals surface area contributed by atoms with Crippen LogP contribution in [0.5, 0.6) is 0 Å². The van der Waals surface area contributed by atoms with E-state index in [2.05, 4.69) is 43.0 Å². The first kappa shape index (κ1) is 24.1. The molecular formula is C22H36N4OS. The lowest BCUT2D eigenvalue weighted by Gasteiger charge is -2.15. The zero-order valence-corrected chi connectivity index (χ0v) is 18.9. The third-order valence-electron chi connectivity index (χ3n) is 4.77. The second kappa shape index (κ2) is 13.3. The van der Waals surface area contributed by atoms with Gasteiger partial charge in [-0.3, -0.25) is 9.36 Å². The van der Waals surface area contributed by atoms with Gasteiger partial charge in [0, 0.05) is 31.0 Å². The normalized spacial score (nSPS) is 11.5. The zero-order valence-electron chi connectivity index (χ0n) is 18.0. The van der Waals surface area contributed by atoms with Crippen LogP contribution in [0.4, 0.5) is 5.69 Å². The summed E-state index contributed by atoms with van der Waals surface area (Å²) in [5.74, 6) is 0. The van der Waals surface area contributed by atoms with Gasteiger partial charge < -0.3 is 10.3 Å². The molecule has 0 aliphatic rings. The summed E-state index contributed by atoms with van der Waals surface area (Å²) in [5.41, 5.74) is 2.18. The van der Waals surface area contributed by atoms with Crippen molar-refractivity contribution in [3.8, 4) is 11.3 Å². The summed E-state index contributed by atoms with van der Waals surface area (Å²) in [6.45, 7) is 8.63. The number of rotatable bonds is 9. The second-order valence-electron chi connectivity index (χ2n) is 7.06. The Labute approximate surface area is 174 Å². The molecule has 0 fully saturated rings. The summed E-state index contributed by atoms with van der Waals surface area (Å²) in [6.07, 6.45) is 11.9. The van der Waals surface area contributed by atoms with Crippen molar-refractivity contribution in [2.24, 2.45) is 0 Å². The van der Waals surface area contributed by atoms with E-state index in [0.717, 1.165) is 24.1 Å². The Hall–Kier alpha value is -1.95. The first-order chi connectivity index (χ1) is 13.5. The number of nitrogens with zero attached hydrogens (tertiary/aromatic N) is 2. The van der Waals surface area contributed by atoms with Crippen molar-refractivity contribution in [2.75, 3.05) is 12.4 Å². The maximum atomic E-state index is 12.5. The van der Waals surface area contributed by atoms with Gasteiger partial charge in [0.15, 0.2) is 0 Å². The maximum Gasteiger partial charge on any atom is 0.254 e. The number of hydrogen-bond donors (Lipinski definition) is 2. The Kier molecular flexibility index (Phi) is 11.4. The molecule has 2 heterocycles. The molecule has 1 unspecified atom stereocenters. The predicted molar refractivity (Wildman–Crippen MR) is 123 cm³/mol. The van der Waals surface area contributed by atoms with Gasteiger partial charge in [-0.1, -0.05) is 71.5 Å². The Morgan fingerprint density at radius 3 is 2.46 bits per heavy atom. The number of anilines is 1. The molecule has 0 saturated carbocycles. The van der Waals surface area contributed by atoms with Crippen LogP contribution in [-0.4, -0.2) is 21.6 Å². The quantitative estimate of drug-likeness (QED) is 0.378. The molecule has 28 heavy (non-hydrogen) atoms. The highest BCUT2D eigenvalue weighted by atomic mass is 32.1. The molecule has 5 nitrogen and oxygen atoms in total. The van der Waals surface area contributed by atoms with Gasteiger partial charge in [-0.25, -0.2) is 4.98 Å². The molecule has 2 aromatic heterocycles. The van der Waals surface area contributed by atoms with E-state index >= 15 is 0 Å². The number of pyridine rings is 1.